The predicted molar refractivity (Wildman–Crippen MR) is 56.4 cm³/mol. The van der Waals surface area contributed by atoms with E-state index >= 15 is 0 Å². The Morgan fingerprint density at radius 3 is 2.87 bits per heavy atom. The molecule has 0 aromatic carbocycles. The van der Waals surface area contributed by atoms with Crippen molar-refractivity contribution in [2.45, 2.75) is 33.1 Å². The highest BCUT2D eigenvalue weighted by Gasteiger charge is 2.57. The molecule has 1 saturated carbocycles. The fraction of sp³-hybridized carbons (Fsp3) is 0.917. The van der Waals surface area contributed by atoms with Crippen LogP contribution in [0.1, 0.15) is 33.1 Å². The predicted octanol–water partition coefficient (Wildman–Crippen LogP) is 2.00. The van der Waals surface area contributed by atoms with E-state index in [9.17, 15) is 4.79 Å². The Hall–Kier alpha value is -0.570. The topological polar surface area (TPSA) is 35.5 Å². The van der Waals surface area contributed by atoms with Crippen molar-refractivity contribution in [2.75, 3.05) is 20.3 Å². The number of esters is 1. The fourth-order valence-corrected chi connectivity index (χ4v) is 3.25. The van der Waals surface area contributed by atoms with Gasteiger partial charge in [-0.2, -0.15) is 0 Å². The summed E-state index contributed by atoms with van der Waals surface area (Å²) >= 11 is 0. The van der Waals surface area contributed by atoms with Crippen molar-refractivity contribution in [2.24, 2.45) is 16.7 Å². The lowest BCUT2D eigenvalue weighted by molar-refractivity contribution is -0.154. The summed E-state index contributed by atoms with van der Waals surface area (Å²) in [5.41, 5.74) is 0.225. The van der Waals surface area contributed by atoms with Gasteiger partial charge in [-0.3, -0.25) is 4.79 Å². The van der Waals surface area contributed by atoms with Gasteiger partial charge < -0.3 is 9.47 Å². The molecule has 3 atom stereocenters. The second-order valence-corrected chi connectivity index (χ2v) is 5.48. The van der Waals surface area contributed by atoms with Gasteiger partial charge in [0.05, 0.1) is 20.1 Å². The monoisotopic (exact) mass is 212 g/mol. The van der Waals surface area contributed by atoms with Crippen LogP contribution in [-0.2, 0) is 14.3 Å². The highest BCUT2D eigenvalue weighted by molar-refractivity contribution is 5.70. The molecule has 1 heterocycles. The van der Waals surface area contributed by atoms with Crippen LogP contribution in [0.3, 0.4) is 0 Å². The number of fused-ring (bicyclic) bond motifs is 2. The minimum Gasteiger partial charge on any atom is -0.469 e. The summed E-state index contributed by atoms with van der Waals surface area (Å²) in [6.45, 7) is 6.07. The zero-order valence-corrected chi connectivity index (χ0v) is 9.84. The van der Waals surface area contributed by atoms with Crippen molar-refractivity contribution in [3.63, 3.8) is 0 Å². The summed E-state index contributed by atoms with van der Waals surface area (Å²) in [6.07, 6.45) is 2.89. The van der Waals surface area contributed by atoms with Crippen LogP contribution in [0.25, 0.3) is 0 Å². The molecule has 1 saturated heterocycles. The minimum atomic E-state index is -0.0856. The molecule has 0 spiro atoms. The Kier molecular flexibility index (Phi) is 2.53. The van der Waals surface area contributed by atoms with Crippen LogP contribution in [-0.4, -0.2) is 26.3 Å². The average Bonchev–Trinajstić information content (AvgIpc) is 2.40. The molecule has 2 bridgehead atoms. The Labute approximate surface area is 91.1 Å². The lowest BCUT2D eigenvalue weighted by Crippen LogP contribution is -2.47. The molecule has 0 radical (unpaired) electrons. The van der Waals surface area contributed by atoms with Crippen LogP contribution in [0.15, 0.2) is 0 Å². The molecule has 0 unspecified atom stereocenters. The number of rotatable bonds is 2. The van der Waals surface area contributed by atoms with Crippen LogP contribution in [0.5, 0.6) is 0 Å². The third-order valence-electron chi connectivity index (χ3n) is 4.80. The van der Waals surface area contributed by atoms with Crippen LogP contribution in [0.2, 0.25) is 0 Å². The Bertz CT molecular complexity index is 272. The summed E-state index contributed by atoms with van der Waals surface area (Å²) in [4.78, 5) is 11.5. The van der Waals surface area contributed by atoms with E-state index in [0.29, 0.717) is 12.3 Å². The first-order valence-electron chi connectivity index (χ1n) is 5.66. The minimum absolute atomic E-state index is 0.0678. The maximum absolute atomic E-state index is 11.5. The molecule has 0 N–H and O–H groups in total. The number of hydrogen-bond donors (Lipinski definition) is 0. The first kappa shape index (κ1) is 10.9. The second-order valence-electron chi connectivity index (χ2n) is 5.48. The molecule has 1 aliphatic carbocycles. The number of carbonyl (C=O) groups is 1. The summed E-state index contributed by atoms with van der Waals surface area (Å²) in [5, 5.41) is 0. The van der Waals surface area contributed by atoms with E-state index in [4.69, 9.17) is 9.47 Å². The van der Waals surface area contributed by atoms with Crippen LogP contribution >= 0.6 is 0 Å². The molecule has 0 aromatic heterocycles. The van der Waals surface area contributed by atoms with Crippen LogP contribution in [0.4, 0.5) is 0 Å². The third kappa shape index (κ3) is 1.48. The molecule has 2 rings (SSSR count). The molecule has 3 heteroatoms. The van der Waals surface area contributed by atoms with Gasteiger partial charge >= 0.3 is 5.97 Å². The molecule has 1 aliphatic heterocycles. The maximum Gasteiger partial charge on any atom is 0.306 e. The van der Waals surface area contributed by atoms with Gasteiger partial charge in [-0.15, -0.1) is 0 Å². The highest BCUT2D eigenvalue weighted by Crippen LogP contribution is 2.60. The van der Waals surface area contributed by atoms with E-state index in [0.717, 1.165) is 13.2 Å². The van der Waals surface area contributed by atoms with Crippen molar-refractivity contribution in [1.29, 1.82) is 0 Å². The van der Waals surface area contributed by atoms with Crippen molar-refractivity contribution >= 4 is 5.97 Å². The van der Waals surface area contributed by atoms with Gasteiger partial charge in [-0.25, -0.2) is 0 Å². The maximum atomic E-state index is 11.5. The van der Waals surface area contributed by atoms with E-state index in [-0.39, 0.29) is 16.8 Å². The van der Waals surface area contributed by atoms with Crippen molar-refractivity contribution < 1.29 is 14.3 Å². The molecule has 3 nitrogen and oxygen atoms in total. The van der Waals surface area contributed by atoms with E-state index in [2.05, 4.69) is 13.8 Å². The Morgan fingerprint density at radius 2 is 2.27 bits per heavy atom. The van der Waals surface area contributed by atoms with Crippen LogP contribution in [0, 0.1) is 16.7 Å². The largest absolute Gasteiger partial charge is 0.469 e. The van der Waals surface area contributed by atoms with Crippen molar-refractivity contribution in [1.82, 2.24) is 0 Å². The first-order valence-corrected chi connectivity index (χ1v) is 5.66. The lowest BCUT2D eigenvalue weighted by Gasteiger charge is -2.47. The summed E-state index contributed by atoms with van der Waals surface area (Å²) in [5.74, 6) is 0.438. The molecule has 2 aliphatic rings. The standard InChI is InChI=1S/C12H20O3/c1-11-5-4-9(7-15-8-11)12(11,2)6-10(13)14-3/h9H,4-8H2,1-3H3/t9-,11+,12-/m1/s1. The Balaban J connectivity index is 2.22. The first-order chi connectivity index (χ1) is 7.02. The van der Waals surface area contributed by atoms with E-state index in [1.807, 2.05) is 0 Å². The summed E-state index contributed by atoms with van der Waals surface area (Å²) < 4.78 is 10.4. The molecular formula is C12H20O3. The molecule has 15 heavy (non-hydrogen) atoms. The number of methoxy groups -OCH3 is 1. The van der Waals surface area contributed by atoms with E-state index in [1.165, 1.54) is 20.0 Å². The quantitative estimate of drug-likeness (QED) is 0.657. The van der Waals surface area contributed by atoms with Gasteiger partial charge in [0.2, 0.25) is 0 Å². The van der Waals surface area contributed by atoms with Gasteiger partial charge in [-0.1, -0.05) is 13.8 Å². The average molecular weight is 212 g/mol. The third-order valence-corrected chi connectivity index (χ3v) is 4.80. The second kappa shape index (κ2) is 3.48. The summed E-state index contributed by atoms with van der Waals surface area (Å²) in [6, 6.07) is 0. The van der Waals surface area contributed by atoms with E-state index < -0.39 is 0 Å². The van der Waals surface area contributed by atoms with Crippen molar-refractivity contribution in [3.05, 3.63) is 0 Å². The normalized spacial score (nSPS) is 44.1. The number of hydrogen-bond acceptors (Lipinski definition) is 3. The fourth-order valence-electron chi connectivity index (χ4n) is 3.25. The van der Waals surface area contributed by atoms with Crippen LogP contribution < -0.4 is 0 Å². The Morgan fingerprint density at radius 1 is 1.53 bits per heavy atom. The SMILES string of the molecule is COC(=O)C[C@]1(C)[C@@H]2CC[C@@]1(C)COC2. The molecule has 2 fully saturated rings. The van der Waals surface area contributed by atoms with E-state index in [1.54, 1.807) is 0 Å². The zero-order valence-electron chi connectivity index (χ0n) is 9.84. The van der Waals surface area contributed by atoms with Crippen molar-refractivity contribution in [3.8, 4) is 0 Å². The molecular weight excluding hydrogens is 192 g/mol. The van der Waals surface area contributed by atoms with Gasteiger partial charge in [0, 0.05) is 6.61 Å². The number of ether oxygens (including phenoxy) is 2. The molecule has 86 valence electrons. The summed E-state index contributed by atoms with van der Waals surface area (Å²) in [7, 11) is 1.47. The van der Waals surface area contributed by atoms with Gasteiger partial charge in [0.1, 0.15) is 0 Å². The lowest BCUT2D eigenvalue weighted by atomic mass is 9.62. The smallest absolute Gasteiger partial charge is 0.306 e. The van der Waals surface area contributed by atoms with Gasteiger partial charge in [-0.05, 0) is 29.6 Å². The van der Waals surface area contributed by atoms with Gasteiger partial charge in [0.15, 0.2) is 0 Å². The molecule has 0 amide bonds. The van der Waals surface area contributed by atoms with Gasteiger partial charge in [0.25, 0.3) is 0 Å². The zero-order chi connectivity index (χ0) is 11.1. The highest BCUT2D eigenvalue weighted by atomic mass is 16.5. The molecule has 0 aromatic rings. The number of carbonyl (C=O) groups excluding carboxylic acids is 1.